The maximum Gasteiger partial charge on any atom is 0.225 e. The number of carbonyl (C=O) groups excluding carboxylic acids is 1. The SMILES string of the molecule is O=C(NCCCOCC1CCCO1)C1CCCN(c2ncccn2)C1. The summed E-state index contributed by atoms with van der Waals surface area (Å²) in [6.07, 6.45) is 8.72. The van der Waals surface area contributed by atoms with Gasteiger partial charge < -0.3 is 19.7 Å². The van der Waals surface area contributed by atoms with Crippen LogP contribution < -0.4 is 10.2 Å². The van der Waals surface area contributed by atoms with Gasteiger partial charge in [-0.3, -0.25) is 4.79 Å². The highest BCUT2D eigenvalue weighted by Crippen LogP contribution is 2.20. The summed E-state index contributed by atoms with van der Waals surface area (Å²) in [4.78, 5) is 23.0. The smallest absolute Gasteiger partial charge is 0.225 e. The molecule has 0 aliphatic carbocycles. The summed E-state index contributed by atoms with van der Waals surface area (Å²) >= 11 is 0. The Hall–Kier alpha value is -1.73. The summed E-state index contributed by atoms with van der Waals surface area (Å²) < 4.78 is 11.1. The number of ether oxygens (including phenoxy) is 2. The minimum atomic E-state index is 0.00497. The third-order valence-corrected chi connectivity index (χ3v) is 4.72. The first kappa shape index (κ1) is 18.1. The van der Waals surface area contributed by atoms with E-state index in [1.165, 1.54) is 0 Å². The molecule has 1 N–H and O–H groups in total. The number of hydrogen-bond acceptors (Lipinski definition) is 6. The van der Waals surface area contributed by atoms with E-state index in [1.807, 2.05) is 0 Å². The Balaban J connectivity index is 1.31. The third kappa shape index (κ3) is 5.64. The van der Waals surface area contributed by atoms with Gasteiger partial charge in [0.25, 0.3) is 0 Å². The number of amides is 1. The molecule has 3 heterocycles. The molecule has 0 bridgehead atoms. The van der Waals surface area contributed by atoms with Crippen molar-refractivity contribution in [2.24, 2.45) is 5.92 Å². The van der Waals surface area contributed by atoms with E-state index < -0.39 is 0 Å². The molecular formula is C18H28N4O3. The first-order valence-corrected chi connectivity index (χ1v) is 9.32. The first-order valence-electron chi connectivity index (χ1n) is 9.32. The molecule has 0 radical (unpaired) electrons. The average molecular weight is 348 g/mol. The van der Waals surface area contributed by atoms with Crippen molar-refractivity contribution in [3.05, 3.63) is 18.5 Å². The van der Waals surface area contributed by atoms with E-state index in [4.69, 9.17) is 9.47 Å². The number of rotatable bonds is 8. The highest BCUT2D eigenvalue weighted by Gasteiger charge is 2.26. The van der Waals surface area contributed by atoms with E-state index in [-0.39, 0.29) is 17.9 Å². The number of hydrogen-bond donors (Lipinski definition) is 1. The number of aromatic nitrogens is 2. The molecule has 7 nitrogen and oxygen atoms in total. The number of nitrogens with zero attached hydrogens (tertiary/aromatic N) is 3. The van der Waals surface area contributed by atoms with Crippen LogP contribution in [0.1, 0.15) is 32.1 Å². The van der Waals surface area contributed by atoms with Crippen molar-refractivity contribution in [3.63, 3.8) is 0 Å². The molecule has 1 aromatic rings. The van der Waals surface area contributed by atoms with Gasteiger partial charge in [0.2, 0.25) is 11.9 Å². The minimum absolute atomic E-state index is 0.00497. The lowest BCUT2D eigenvalue weighted by Gasteiger charge is -2.31. The van der Waals surface area contributed by atoms with E-state index in [2.05, 4.69) is 20.2 Å². The topological polar surface area (TPSA) is 76.6 Å². The molecule has 138 valence electrons. The fourth-order valence-electron chi connectivity index (χ4n) is 3.35. The Morgan fingerprint density at radius 3 is 3.00 bits per heavy atom. The van der Waals surface area contributed by atoms with Gasteiger partial charge in [0.05, 0.1) is 18.6 Å². The summed E-state index contributed by atoms with van der Waals surface area (Å²) in [7, 11) is 0. The monoisotopic (exact) mass is 348 g/mol. The predicted molar refractivity (Wildman–Crippen MR) is 94.4 cm³/mol. The number of anilines is 1. The molecule has 25 heavy (non-hydrogen) atoms. The normalized spacial score (nSPS) is 23.6. The van der Waals surface area contributed by atoms with Gasteiger partial charge in [-0.2, -0.15) is 0 Å². The molecule has 2 unspecified atom stereocenters. The van der Waals surface area contributed by atoms with Crippen LogP contribution in [0.25, 0.3) is 0 Å². The molecule has 7 heteroatoms. The van der Waals surface area contributed by atoms with E-state index in [9.17, 15) is 4.79 Å². The van der Waals surface area contributed by atoms with Crippen molar-refractivity contribution in [1.29, 1.82) is 0 Å². The van der Waals surface area contributed by atoms with Crippen LogP contribution in [0.2, 0.25) is 0 Å². The van der Waals surface area contributed by atoms with Crippen LogP contribution in [0.4, 0.5) is 5.95 Å². The van der Waals surface area contributed by atoms with Gasteiger partial charge >= 0.3 is 0 Å². The number of piperidine rings is 1. The van der Waals surface area contributed by atoms with Gasteiger partial charge in [0, 0.05) is 45.2 Å². The van der Waals surface area contributed by atoms with Crippen LogP contribution in [-0.4, -0.2) is 61.4 Å². The van der Waals surface area contributed by atoms with Crippen molar-refractivity contribution >= 4 is 11.9 Å². The van der Waals surface area contributed by atoms with Crippen molar-refractivity contribution in [1.82, 2.24) is 15.3 Å². The Morgan fingerprint density at radius 1 is 1.32 bits per heavy atom. The fourth-order valence-corrected chi connectivity index (χ4v) is 3.35. The highest BCUT2D eigenvalue weighted by atomic mass is 16.5. The largest absolute Gasteiger partial charge is 0.379 e. The summed E-state index contributed by atoms with van der Waals surface area (Å²) in [6, 6.07) is 1.80. The molecule has 1 aromatic heterocycles. The van der Waals surface area contributed by atoms with Gasteiger partial charge in [-0.25, -0.2) is 9.97 Å². The summed E-state index contributed by atoms with van der Waals surface area (Å²) in [6.45, 7) is 4.44. The summed E-state index contributed by atoms with van der Waals surface area (Å²) in [5, 5.41) is 3.04. The second-order valence-corrected chi connectivity index (χ2v) is 6.69. The lowest BCUT2D eigenvalue weighted by Crippen LogP contribution is -2.44. The van der Waals surface area contributed by atoms with Gasteiger partial charge in [0.1, 0.15) is 0 Å². The van der Waals surface area contributed by atoms with E-state index in [0.29, 0.717) is 32.3 Å². The predicted octanol–water partition coefficient (Wildman–Crippen LogP) is 1.39. The Labute approximate surface area is 149 Å². The zero-order valence-corrected chi connectivity index (χ0v) is 14.7. The fraction of sp³-hybridized carbons (Fsp3) is 0.722. The van der Waals surface area contributed by atoms with Gasteiger partial charge in [-0.05, 0) is 38.2 Å². The molecule has 2 atom stereocenters. The van der Waals surface area contributed by atoms with Crippen LogP contribution in [0.5, 0.6) is 0 Å². The quantitative estimate of drug-likeness (QED) is 0.716. The third-order valence-electron chi connectivity index (χ3n) is 4.72. The number of carbonyl (C=O) groups is 1. The Morgan fingerprint density at radius 2 is 2.20 bits per heavy atom. The number of nitrogens with one attached hydrogen (secondary N) is 1. The van der Waals surface area contributed by atoms with Crippen molar-refractivity contribution < 1.29 is 14.3 Å². The van der Waals surface area contributed by atoms with Crippen molar-refractivity contribution in [3.8, 4) is 0 Å². The molecule has 0 saturated carbocycles. The molecule has 2 aliphatic rings. The molecule has 2 fully saturated rings. The summed E-state index contributed by atoms with van der Waals surface area (Å²) in [5.41, 5.74) is 0. The lowest BCUT2D eigenvalue weighted by atomic mass is 9.97. The molecule has 1 amide bonds. The van der Waals surface area contributed by atoms with Crippen molar-refractivity contribution in [2.45, 2.75) is 38.2 Å². The maximum atomic E-state index is 12.4. The van der Waals surface area contributed by atoms with Gasteiger partial charge in [0.15, 0.2) is 0 Å². The maximum absolute atomic E-state index is 12.4. The average Bonchev–Trinajstić information content (AvgIpc) is 3.19. The van der Waals surface area contributed by atoms with Gasteiger partial charge in [-0.1, -0.05) is 0 Å². The van der Waals surface area contributed by atoms with Crippen LogP contribution in [0, 0.1) is 5.92 Å². The molecule has 0 spiro atoms. The second-order valence-electron chi connectivity index (χ2n) is 6.69. The molecular weight excluding hydrogens is 320 g/mol. The Kier molecular flexibility index (Phi) is 6.99. The van der Waals surface area contributed by atoms with E-state index in [0.717, 1.165) is 45.3 Å². The Bertz CT molecular complexity index is 522. The zero-order valence-electron chi connectivity index (χ0n) is 14.7. The second kappa shape index (κ2) is 9.68. The van der Waals surface area contributed by atoms with Crippen LogP contribution in [0.15, 0.2) is 18.5 Å². The molecule has 3 rings (SSSR count). The van der Waals surface area contributed by atoms with Crippen LogP contribution >= 0.6 is 0 Å². The zero-order chi connectivity index (χ0) is 17.3. The minimum Gasteiger partial charge on any atom is -0.379 e. The van der Waals surface area contributed by atoms with Crippen LogP contribution in [0.3, 0.4) is 0 Å². The first-order chi connectivity index (χ1) is 12.3. The molecule has 0 aromatic carbocycles. The van der Waals surface area contributed by atoms with Gasteiger partial charge in [-0.15, -0.1) is 0 Å². The van der Waals surface area contributed by atoms with Crippen molar-refractivity contribution in [2.75, 3.05) is 44.4 Å². The van der Waals surface area contributed by atoms with E-state index >= 15 is 0 Å². The lowest BCUT2D eigenvalue weighted by molar-refractivity contribution is -0.125. The van der Waals surface area contributed by atoms with E-state index in [1.54, 1.807) is 18.5 Å². The highest BCUT2D eigenvalue weighted by molar-refractivity contribution is 5.79. The van der Waals surface area contributed by atoms with Crippen LogP contribution in [-0.2, 0) is 14.3 Å². The molecule has 2 saturated heterocycles. The standard InChI is InChI=1S/C18H28N4O3/c23-17(19-9-4-11-24-14-16-6-2-12-25-16)15-5-1-10-22(13-15)18-20-7-3-8-21-18/h3,7-8,15-16H,1-2,4-6,9-14H2,(H,19,23). The molecule has 2 aliphatic heterocycles. The summed E-state index contributed by atoms with van der Waals surface area (Å²) in [5.74, 6) is 0.840.